The number of hydrogen-bond acceptors (Lipinski definition) is 5. The number of aryl methyl sites for hydroxylation is 2. The zero-order valence-electron chi connectivity index (χ0n) is 9.94. The van der Waals surface area contributed by atoms with E-state index >= 15 is 0 Å². The Morgan fingerprint density at radius 3 is 2.89 bits per heavy atom. The summed E-state index contributed by atoms with van der Waals surface area (Å²) < 4.78 is 3.25. The third-order valence-electron chi connectivity index (χ3n) is 2.54. The van der Waals surface area contributed by atoms with Gasteiger partial charge in [0, 0.05) is 26.0 Å². The van der Waals surface area contributed by atoms with Crippen LogP contribution < -0.4 is 5.73 Å². The molecule has 0 amide bonds. The van der Waals surface area contributed by atoms with Gasteiger partial charge in [-0.2, -0.15) is 0 Å². The molecule has 0 radical (unpaired) electrons. The smallest absolute Gasteiger partial charge is 0.358 e. The molecule has 0 fully saturated rings. The molecule has 8 heteroatoms. The van der Waals surface area contributed by atoms with E-state index in [-0.39, 0.29) is 5.69 Å². The number of rotatable bonds is 5. The maximum Gasteiger partial charge on any atom is 0.358 e. The average molecular weight is 250 g/mol. The molecule has 0 unspecified atom stereocenters. The van der Waals surface area contributed by atoms with Gasteiger partial charge in [0.25, 0.3) is 0 Å². The van der Waals surface area contributed by atoms with Crippen molar-refractivity contribution in [2.75, 3.05) is 6.54 Å². The molecule has 0 aliphatic carbocycles. The highest BCUT2D eigenvalue weighted by atomic mass is 16.4. The monoisotopic (exact) mass is 250 g/mol. The summed E-state index contributed by atoms with van der Waals surface area (Å²) in [4.78, 5) is 15.3. The molecule has 96 valence electrons. The summed E-state index contributed by atoms with van der Waals surface area (Å²) in [6, 6.07) is 0. The predicted octanol–water partition coefficient (Wildman–Crippen LogP) is -0.274. The van der Waals surface area contributed by atoms with Gasteiger partial charge in [0.05, 0.1) is 0 Å². The summed E-state index contributed by atoms with van der Waals surface area (Å²) in [5, 5.41) is 16.7. The number of carboxylic acid groups (broad SMARTS) is 1. The molecule has 0 aliphatic rings. The summed E-state index contributed by atoms with van der Waals surface area (Å²) in [6.07, 6.45) is 4.03. The highest BCUT2D eigenvalue weighted by molar-refractivity contribution is 5.91. The Bertz CT molecular complexity index is 558. The van der Waals surface area contributed by atoms with Crippen molar-refractivity contribution >= 4 is 5.97 Å². The van der Waals surface area contributed by atoms with Gasteiger partial charge in [0.1, 0.15) is 5.69 Å². The molecular weight excluding hydrogens is 236 g/mol. The van der Waals surface area contributed by atoms with Gasteiger partial charge in [0.2, 0.25) is 5.69 Å². The maximum atomic E-state index is 11.1. The van der Waals surface area contributed by atoms with Gasteiger partial charge in [0.15, 0.2) is 5.82 Å². The molecule has 0 aromatic carbocycles. The van der Waals surface area contributed by atoms with Crippen molar-refractivity contribution < 1.29 is 9.90 Å². The van der Waals surface area contributed by atoms with Gasteiger partial charge in [-0.3, -0.25) is 0 Å². The molecule has 2 heterocycles. The molecule has 0 aliphatic heterocycles. The third kappa shape index (κ3) is 2.09. The lowest BCUT2D eigenvalue weighted by molar-refractivity contribution is 0.0691. The van der Waals surface area contributed by atoms with E-state index in [4.69, 9.17) is 10.8 Å². The Morgan fingerprint density at radius 1 is 1.56 bits per heavy atom. The first-order valence-corrected chi connectivity index (χ1v) is 5.49. The van der Waals surface area contributed by atoms with E-state index < -0.39 is 5.97 Å². The minimum absolute atomic E-state index is 0.0960. The van der Waals surface area contributed by atoms with E-state index in [1.165, 1.54) is 4.68 Å². The van der Waals surface area contributed by atoms with Crippen LogP contribution in [-0.2, 0) is 13.6 Å². The molecule has 2 rings (SSSR count). The van der Waals surface area contributed by atoms with Crippen LogP contribution in [0.1, 0.15) is 16.9 Å². The van der Waals surface area contributed by atoms with Crippen LogP contribution in [0.5, 0.6) is 0 Å². The molecule has 8 nitrogen and oxygen atoms in total. The molecule has 0 saturated carbocycles. The standard InChI is InChI=1S/C10H14N6O2/c1-15-6-4-12-9(15)8-7(10(17)18)13-14-16(8)5-2-3-11/h4,6H,2-3,5,11H2,1H3,(H,17,18). The molecule has 0 spiro atoms. The van der Waals surface area contributed by atoms with E-state index in [9.17, 15) is 4.79 Å². The van der Waals surface area contributed by atoms with E-state index in [2.05, 4.69) is 15.3 Å². The molecule has 3 N–H and O–H groups in total. The summed E-state index contributed by atoms with van der Waals surface area (Å²) in [6.45, 7) is 1.02. The normalized spacial score (nSPS) is 10.8. The molecule has 2 aromatic rings. The Kier molecular flexibility index (Phi) is 3.38. The summed E-state index contributed by atoms with van der Waals surface area (Å²) >= 11 is 0. The Balaban J connectivity index is 2.50. The van der Waals surface area contributed by atoms with Crippen LogP contribution in [0.4, 0.5) is 0 Å². The predicted molar refractivity (Wildman–Crippen MR) is 62.9 cm³/mol. The summed E-state index contributed by atoms with van der Waals surface area (Å²) in [5.41, 5.74) is 5.75. The van der Waals surface area contributed by atoms with Crippen molar-refractivity contribution in [3.05, 3.63) is 18.1 Å². The number of imidazole rings is 1. The molecule has 0 atom stereocenters. The number of carbonyl (C=O) groups is 1. The van der Waals surface area contributed by atoms with Gasteiger partial charge >= 0.3 is 5.97 Å². The highest BCUT2D eigenvalue weighted by Gasteiger charge is 2.23. The van der Waals surface area contributed by atoms with Crippen LogP contribution in [0.3, 0.4) is 0 Å². The zero-order valence-corrected chi connectivity index (χ0v) is 9.94. The second kappa shape index (κ2) is 4.96. The van der Waals surface area contributed by atoms with Crippen LogP contribution >= 0.6 is 0 Å². The van der Waals surface area contributed by atoms with Crippen molar-refractivity contribution in [3.8, 4) is 11.5 Å². The zero-order chi connectivity index (χ0) is 13.1. The second-order valence-corrected chi connectivity index (χ2v) is 3.82. The number of nitrogens with two attached hydrogens (primary N) is 1. The van der Waals surface area contributed by atoms with Crippen LogP contribution in [-0.4, -0.2) is 42.2 Å². The van der Waals surface area contributed by atoms with Crippen LogP contribution in [0.2, 0.25) is 0 Å². The fourth-order valence-corrected chi connectivity index (χ4v) is 1.67. The molecule has 2 aromatic heterocycles. The lowest BCUT2D eigenvalue weighted by Crippen LogP contribution is -2.11. The van der Waals surface area contributed by atoms with Crippen LogP contribution in [0, 0.1) is 0 Å². The lowest BCUT2D eigenvalue weighted by Gasteiger charge is -2.06. The molecule has 18 heavy (non-hydrogen) atoms. The lowest BCUT2D eigenvalue weighted by atomic mass is 10.3. The van der Waals surface area contributed by atoms with Gasteiger partial charge in [-0.15, -0.1) is 5.10 Å². The number of carboxylic acids is 1. The number of aromatic carboxylic acids is 1. The first-order valence-electron chi connectivity index (χ1n) is 5.49. The van der Waals surface area contributed by atoms with Crippen molar-refractivity contribution in [1.82, 2.24) is 24.5 Å². The quantitative estimate of drug-likeness (QED) is 0.755. The van der Waals surface area contributed by atoms with E-state index in [0.717, 1.165) is 0 Å². The second-order valence-electron chi connectivity index (χ2n) is 3.82. The van der Waals surface area contributed by atoms with Gasteiger partial charge in [-0.1, -0.05) is 5.21 Å². The average Bonchev–Trinajstić information content (AvgIpc) is 2.91. The maximum absolute atomic E-state index is 11.1. The summed E-state index contributed by atoms with van der Waals surface area (Å²) in [5.74, 6) is -0.596. The van der Waals surface area contributed by atoms with Crippen LogP contribution in [0.25, 0.3) is 11.5 Å². The molecule has 0 saturated heterocycles. The largest absolute Gasteiger partial charge is 0.476 e. The van der Waals surface area contributed by atoms with Gasteiger partial charge < -0.3 is 15.4 Å². The van der Waals surface area contributed by atoms with Gasteiger partial charge in [-0.25, -0.2) is 14.5 Å². The Labute approximate surface area is 103 Å². The number of aromatic nitrogens is 5. The fraction of sp³-hybridized carbons (Fsp3) is 0.400. The minimum atomic E-state index is -1.12. The minimum Gasteiger partial charge on any atom is -0.476 e. The number of nitrogens with zero attached hydrogens (tertiary/aromatic N) is 5. The molecular formula is C10H14N6O2. The first-order chi connectivity index (χ1) is 8.65. The van der Waals surface area contributed by atoms with Crippen molar-refractivity contribution in [2.24, 2.45) is 12.8 Å². The van der Waals surface area contributed by atoms with E-state index in [1.807, 2.05) is 0 Å². The molecule has 0 bridgehead atoms. The summed E-state index contributed by atoms with van der Waals surface area (Å²) in [7, 11) is 1.79. The topological polar surface area (TPSA) is 112 Å². The Hall–Kier alpha value is -2.22. The van der Waals surface area contributed by atoms with Crippen molar-refractivity contribution in [2.45, 2.75) is 13.0 Å². The van der Waals surface area contributed by atoms with E-state index in [1.54, 1.807) is 24.0 Å². The van der Waals surface area contributed by atoms with E-state index in [0.29, 0.717) is 31.0 Å². The third-order valence-corrected chi connectivity index (χ3v) is 2.54. The van der Waals surface area contributed by atoms with Crippen molar-refractivity contribution in [1.29, 1.82) is 0 Å². The van der Waals surface area contributed by atoms with Crippen molar-refractivity contribution in [3.63, 3.8) is 0 Å². The first kappa shape index (κ1) is 12.2. The number of hydrogen-bond donors (Lipinski definition) is 2. The Morgan fingerprint density at radius 2 is 2.33 bits per heavy atom. The fourth-order valence-electron chi connectivity index (χ4n) is 1.67. The SMILES string of the molecule is Cn1ccnc1-c1c(C(=O)O)nnn1CCCN. The van der Waals surface area contributed by atoms with Crippen LogP contribution in [0.15, 0.2) is 12.4 Å². The van der Waals surface area contributed by atoms with Gasteiger partial charge in [-0.05, 0) is 13.0 Å². The highest BCUT2D eigenvalue weighted by Crippen LogP contribution is 2.20.